The Hall–Kier alpha value is -0.610. The van der Waals surface area contributed by atoms with Crippen molar-refractivity contribution in [1.82, 2.24) is 0 Å². The molecule has 1 fully saturated rings. The van der Waals surface area contributed by atoms with Gasteiger partial charge in [0.2, 0.25) is 0 Å². The maximum Gasteiger partial charge on any atom is 0.325 e. The molecule has 82 valence electrons. The zero-order valence-electron chi connectivity index (χ0n) is 8.91. The summed E-state index contributed by atoms with van der Waals surface area (Å²) < 4.78 is 10.2. The van der Waals surface area contributed by atoms with Gasteiger partial charge in [-0.15, -0.1) is 0 Å². The third kappa shape index (κ3) is 2.45. The second-order valence-corrected chi connectivity index (χ2v) is 3.82. The molecule has 4 heteroatoms. The van der Waals surface area contributed by atoms with Gasteiger partial charge in [-0.1, -0.05) is 0 Å². The predicted molar refractivity (Wildman–Crippen MR) is 52.8 cm³/mol. The second kappa shape index (κ2) is 4.75. The number of methoxy groups -OCH3 is 1. The summed E-state index contributed by atoms with van der Waals surface area (Å²) in [6.45, 7) is 2.62. The van der Waals surface area contributed by atoms with E-state index in [2.05, 4.69) is 0 Å². The Morgan fingerprint density at radius 3 is 2.93 bits per heavy atom. The fourth-order valence-corrected chi connectivity index (χ4v) is 2.02. The van der Waals surface area contributed by atoms with Crippen molar-refractivity contribution in [3.8, 4) is 0 Å². The van der Waals surface area contributed by atoms with Crippen molar-refractivity contribution in [2.24, 2.45) is 5.73 Å². The largest absolute Gasteiger partial charge is 0.468 e. The SMILES string of the molecule is CCO[C@@H]1CCC[C@@](N)(C(=O)OC)C1. The van der Waals surface area contributed by atoms with Crippen LogP contribution in [0.5, 0.6) is 0 Å². The van der Waals surface area contributed by atoms with Crippen LogP contribution in [0.15, 0.2) is 0 Å². The molecule has 14 heavy (non-hydrogen) atoms. The van der Waals surface area contributed by atoms with Crippen molar-refractivity contribution in [1.29, 1.82) is 0 Å². The first-order valence-corrected chi connectivity index (χ1v) is 5.11. The van der Waals surface area contributed by atoms with Crippen molar-refractivity contribution < 1.29 is 14.3 Å². The topological polar surface area (TPSA) is 61.5 Å². The summed E-state index contributed by atoms with van der Waals surface area (Å²) in [7, 11) is 1.38. The average molecular weight is 201 g/mol. The van der Waals surface area contributed by atoms with E-state index in [-0.39, 0.29) is 12.1 Å². The van der Waals surface area contributed by atoms with Gasteiger partial charge >= 0.3 is 5.97 Å². The lowest BCUT2D eigenvalue weighted by Crippen LogP contribution is -2.53. The molecule has 0 aromatic heterocycles. The first-order chi connectivity index (χ1) is 6.62. The van der Waals surface area contributed by atoms with Crippen LogP contribution in [0, 0.1) is 0 Å². The van der Waals surface area contributed by atoms with Gasteiger partial charge in [-0.25, -0.2) is 0 Å². The lowest BCUT2D eigenvalue weighted by atomic mass is 9.81. The quantitative estimate of drug-likeness (QED) is 0.687. The third-order valence-electron chi connectivity index (χ3n) is 2.74. The molecular formula is C10H19NO3. The monoisotopic (exact) mass is 201 g/mol. The first kappa shape index (κ1) is 11.5. The Balaban J connectivity index is 2.57. The molecule has 1 aliphatic rings. The standard InChI is InChI=1S/C10H19NO3/c1-3-14-8-5-4-6-10(11,7-8)9(12)13-2/h8H,3-7,11H2,1-2H3/t8-,10+/m1/s1. The van der Waals surface area contributed by atoms with Crippen molar-refractivity contribution in [3.63, 3.8) is 0 Å². The first-order valence-electron chi connectivity index (χ1n) is 5.11. The normalized spacial score (nSPS) is 32.6. The number of carbonyl (C=O) groups is 1. The maximum absolute atomic E-state index is 11.4. The highest BCUT2D eigenvalue weighted by Crippen LogP contribution is 2.29. The summed E-state index contributed by atoms with van der Waals surface area (Å²) in [6.07, 6.45) is 3.30. The molecule has 1 saturated carbocycles. The lowest BCUT2D eigenvalue weighted by molar-refractivity contribution is -0.150. The van der Waals surface area contributed by atoms with Crippen LogP contribution in [0.4, 0.5) is 0 Å². The summed E-state index contributed by atoms with van der Waals surface area (Å²) in [5.41, 5.74) is 5.15. The number of hydrogen-bond acceptors (Lipinski definition) is 4. The minimum atomic E-state index is -0.827. The predicted octanol–water partition coefficient (Wildman–Crippen LogP) is 0.836. The van der Waals surface area contributed by atoms with Gasteiger partial charge in [0.25, 0.3) is 0 Å². The minimum Gasteiger partial charge on any atom is -0.468 e. The number of hydrogen-bond donors (Lipinski definition) is 1. The Bertz CT molecular complexity index is 206. The molecule has 0 aromatic carbocycles. The van der Waals surface area contributed by atoms with Crippen LogP contribution in [0.3, 0.4) is 0 Å². The molecule has 2 atom stereocenters. The Morgan fingerprint density at radius 1 is 1.64 bits per heavy atom. The van der Waals surface area contributed by atoms with E-state index < -0.39 is 5.54 Å². The molecule has 0 radical (unpaired) electrons. The Labute approximate surface area is 84.7 Å². The smallest absolute Gasteiger partial charge is 0.325 e. The average Bonchev–Trinajstić information content (AvgIpc) is 2.17. The number of rotatable bonds is 3. The molecule has 0 bridgehead atoms. The van der Waals surface area contributed by atoms with E-state index in [9.17, 15) is 4.79 Å². The number of nitrogens with two attached hydrogens (primary N) is 1. The minimum absolute atomic E-state index is 0.109. The van der Waals surface area contributed by atoms with Gasteiger partial charge in [-0.2, -0.15) is 0 Å². The van der Waals surface area contributed by atoms with Gasteiger partial charge in [0.1, 0.15) is 5.54 Å². The highest BCUT2D eigenvalue weighted by Gasteiger charge is 2.40. The van der Waals surface area contributed by atoms with Gasteiger partial charge < -0.3 is 15.2 Å². The van der Waals surface area contributed by atoms with Crippen molar-refractivity contribution in [3.05, 3.63) is 0 Å². The second-order valence-electron chi connectivity index (χ2n) is 3.82. The van der Waals surface area contributed by atoms with Crippen LogP contribution in [-0.2, 0) is 14.3 Å². The van der Waals surface area contributed by atoms with Gasteiger partial charge in [0.05, 0.1) is 13.2 Å². The van der Waals surface area contributed by atoms with E-state index in [1.54, 1.807) is 0 Å². The molecule has 0 aliphatic heterocycles. The molecule has 1 rings (SSSR count). The van der Waals surface area contributed by atoms with Crippen LogP contribution in [0.25, 0.3) is 0 Å². The summed E-state index contributed by atoms with van der Waals surface area (Å²) in [5.74, 6) is -0.318. The third-order valence-corrected chi connectivity index (χ3v) is 2.74. The summed E-state index contributed by atoms with van der Waals surface area (Å²) in [5, 5.41) is 0. The van der Waals surface area contributed by atoms with Crippen molar-refractivity contribution in [2.75, 3.05) is 13.7 Å². The van der Waals surface area contributed by atoms with Gasteiger partial charge in [-0.05, 0) is 26.2 Å². The highest BCUT2D eigenvalue weighted by molar-refractivity contribution is 5.80. The molecule has 2 N–H and O–H groups in total. The molecule has 4 nitrogen and oxygen atoms in total. The molecule has 0 heterocycles. The van der Waals surface area contributed by atoms with Gasteiger partial charge in [-0.3, -0.25) is 4.79 Å². The van der Waals surface area contributed by atoms with E-state index in [4.69, 9.17) is 15.2 Å². The van der Waals surface area contributed by atoms with E-state index in [0.29, 0.717) is 19.4 Å². The maximum atomic E-state index is 11.4. The van der Waals surface area contributed by atoms with Crippen LogP contribution in [0.1, 0.15) is 32.6 Å². The van der Waals surface area contributed by atoms with Gasteiger partial charge in [0, 0.05) is 13.0 Å². The van der Waals surface area contributed by atoms with E-state index in [0.717, 1.165) is 12.8 Å². The molecule has 0 unspecified atom stereocenters. The molecule has 1 aliphatic carbocycles. The van der Waals surface area contributed by atoms with Crippen LogP contribution in [-0.4, -0.2) is 31.3 Å². The Morgan fingerprint density at radius 2 is 2.36 bits per heavy atom. The van der Waals surface area contributed by atoms with Crippen LogP contribution >= 0.6 is 0 Å². The molecule has 0 spiro atoms. The van der Waals surface area contributed by atoms with Crippen LogP contribution in [0.2, 0.25) is 0 Å². The molecule has 0 saturated heterocycles. The van der Waals surface area contributed by atoms with Gasteiger partial charge in [0.15, 0.2) is 0 Å². The summed E-state index contributed by atoms with van der Waals surface area (Å²) in [4.78, 5) is 11.4. The molecule has 0 aromatic rings. The van der Waals surface area contributed by atoms with Crippen LogP contribution < -0.4 is 5.73 Å². The Kier molecular flexibility index (Phi) is 3.89. The molecular weight excluding hydrogens is 182 g/mol. The van der Waals surface area contributed by atoms with Crippen molar-refractivity contribution in [2.45, 2.75) is 44.2 Å². The van der Waals surface area contributed by atoms with E-state index in [1.807, 2.05) is 6.92 Å². The number of esters is 1. The number of carbonyl (C=O) groups excluding carboxylic acids is 1. The zero-order chi connectivity index (χ0) is 10.6. The van der Waals surface area contributed by atoms with E-state index in [1.165, 1.54) is 7.11 Å². The fraction of sp³-hybridized carbons (Fsp3) is 0.900. The highest BCUT2D eigenvalue weighted by atomic mass is 16.5. The lowest BCUT2D eigenvalue weighted by Gasteiger charge is -2.35. The fourth-order valence-electron chi connectivity index (χ4n) is 2.02. The summed E-state index contributed by atoms with van der Waals surface area (Å²) in [6, 6.07) is 0. The number of ether oxygens (including phenoxy) is 2. The van der Waals surface area contributed by atoms with E-state index >= 15 is 0 Å². The van der Waals surface area contributed by atoms with Crippen molar-refractivity contribution >= 4 is 5.97 Å². The zero-order valence-corrected chi connectivity index (χ0v) is 8.91. The molecule has 0 amide bonds. The summed E-state index contributed by atoms with van der Waals surface area (Å²) >= 11 is 0.